The molecule has 2 saturated heterocycles. The first-order chi connectivity index (χ1) is 13.8. The number of piperazine rings is 1. The molecule has 2 aliphatic rings. The molecule has 4 amide bonds. The van der Waals surface area contributed by atoms with Crippen LogP contribution in [0.4, 0.5) is 13.6 Å². The molecule has 5 N–H and O–H groups in total. The molecule has 2 fully saturated rings. The third kappa shape index (κ3) is 4.80. The van der Waals surface area contributed by atoms with Crippen molar-refractivity contribution in [1.29, 1.82) is 0 Å². The van der Waals surface area contributed by atoms with Gasteiger partial charge in [0.1, 0.15) is 23.7 Å². The molecule has 0 radical (unpaired) electrons. The largest absolute Gasteiger partial charge is 0.389 e. The van der Waals surface area contributed by atoms with Crippen LogP contribution in [0.1, 0.15) is 5.56 Å². The Balaban J connectivity index is 1.81. The van der Waals surface area contributed by atoms with Crippen LogP contribution in [0.3, 0.4) is 0 Å². The molecule has 0 aliphatic carbocycles. The summed E-state index contributed by atoms with van der Waals surface area (Å²) in [7, 11) is 1.45. The summed E-state index contributed by atoms with van der Waals surface area (Å²) in [5.74, 6) is -2.58. The number of amides is 4. The summed E-state index contributed by atoms with van der Waals surface area (Å²) in [4.78, 5) is 37.6. The van der Waals surface area contributed by atoms with E-state index in [0.29, 0.717) is 19.2 Å². The molecule has 3 rings (SSSR count). The molecular weight excluding hydrogens is 388 g/mol. The zero-order valence-corrected chi connectivity index (χ0v) is 15.7. The van der Waals surface area contributed by atoms with Gasteiger partial charge in [-0.25, -0.2) is 13.6 Å². The van der Waals surface area contributed by atoms with Crippen LogP contribution >= 0.6 is 0 Å². The van der Waals surface area contributed by atoms with E-state index in [1.54, 1.807) is 0 Å². The lowest BCUT2D eigenvalue weighted by atomic mass is 9.94. The number of likely N-dealkylation sites (N-methyl/N-ethyl adjacent to an activating group) is 1. The second-order valence-corrected chi connectivity index (χ2v) is 7.12. The van der Waals surface area contributed by atoms with Crippen molar-refractivity contribution in [2.75, 3.05) is 26.7 Å². The van der Waals surface area contributed by atoms with Crippen LogP contribution in [-0.4, -0.2) is 78.8 Å². The summed E-state index contributed by atoms with van der Waals surface area (Å²) in [6.45, 7) is 0.905. The van der Waals surface area contributed by atoms with E-state index < -0.39 is 53.7 Å². The Labute approximate surface area is 165 Å². The number of hydrogen-bond acceptors (Lipinski definition) is 5. The Morgan fingerprint density at radius 2 is 1.93 bits per heavy atom. The van der Waals surface area contributed by atoms with Gasteiger partial charge in [-0.2, -0.15) is 0 Å². The zero-order chi connectivity index (χ0) is 21.1. The van der Waals surface area contributed by atoms with E-state index in [9.17, 15) is 28.3 Å². The molecule has 0 aromatic heterocycles. The fourth-order valence-corrected chi connectivity index (χ4v) is 3.50. The molecule has 0 spiro atoms. The first kappa shape index (κ1) is 20.9. The summed E-state index contributed by atoms with van der Waals surface area (Å²) >= 11 is 0. The number of carbonyl (C=O) groups excluding carboxylic acids is 3. The number of benzene rings is 1. The number of hydrogen-bond donors (Lipinski definition) is 5. The third-order valence-electron chi connectivity index (χ3n) is 5.07. The predicted molar refractivity (Wildman–Crippen MR) is 97.7 cm³/mol. The Bertz CT molecular complexity index is 788. The summed E-state index contributed by atoms with van der Waals surface area (Å²) in [6, 6.07) is -0.360. The van der Waals surface area contributed by atoms with Crippen molar-refractivity contribution >= 4 is 17.8 Å². The number of urea groups is 1. The molecule has 0 saturated carbocycles. The molecule has 158 valence electrons. The molecule has 1 unspecified atom stereocenters. The van der Waals surface area contributed by atoms with Gasteiger partial charge in [0.25, 0.3) is 0 Å². The third-order valence-corrected chi connectivity index (χ3v) is 5.07. The van der Waals surface area contributed by atoms with E-state index >= 15 is 0 Å². The van der Waals surface area contributed by atoms with Crippen LogP contribution in [0.2, 0.25) is 0 Å². The van der Waals surface area contributed by atoms with Gasteiger partial charge in [-0.3, -0.25) is 9.59 Å². The molecular formula is C18H23F2N5O4. The highest BCUT2D eigenvalue weighted by Crippen LogP contribution is 2.15. The molecule has 2 aliphatic heterocycles. The van der Waals surface area contributed by atoms with Crippen molar-refractivity contribution in [1.82, 2.24) is 26.2 Å². The van der Waals surface area contributed by atoms with Crippen molar-refractivity contribution in [3.63, 3.8) is 0 Å². The molecule has 2 heterocycles. The fourth-order valence-electron chi connectivity index (χ4n) is 3.50. The standard InChI is InChI=1S/C18H23F2N5O4/c1-25-13(8-23-18(25)29)16(27)24-12(6-9-4-10(19)7-11(20)5-9)15(26)14-17(28)22-3-2-21-14/h4-5,7,12-15,21,26H,2-3,6,8H2,1H3,(H,22,28)(H,23,29)(H,24,27)/t12-,13?,14-,15-/m0/s1. The molecule has 0 bridgehead atoms. The second kappa shape index (κ2) is 8.70. The predicted octanol–water partition coefficient (Wildman–Crippen LogP) is -1.54. The molecule has 4 atom stereocenters. The highest BCUT2D eigenvalue weighted by molar-refractivity contribution is 5.90. The number of aliphatic hydroxyl groups excluding tert-OH is 1. The summed E-state index contributed by atoms with van der Waals surface area (Å²) in [5, 5.41) is 21.4. The van der Waals surface area contributed by atoms with E-state index in [1.165, 1.54) is 11.9 Å². The van der Waals surface area contributed by atoms with Gasteiger partial charge in [0, 0.05) is 32.7 Å². The van der Waals surface area contributed by atoms with E-state index in [-0.39, 0.29) is 18.5 Å². The lowest BCUT2D eigenvalue weighted by molar-refractivity contribution is -0.131. The molecule has 9 nitrogen and oxygen atoms in total. The summed E-state index contributed by atoms with van der Waals surface area (Å²) < 4.78 is 27.2. The van der Waals surface area contributed by atoms with Crippen LogP contribution in [0, 0.1) is 11.6 Å². The van der Waals surface area contributed by atoms with Gasteiger partial charge in [-0.15, -0.1) is 0 Å². The fraction of sp³-hybridized carbons (Fsp3) is 0.500. The number of nitrogens with one attached hydrogen (secondary N) is 4. The highest BCUT2D eigenvalue weighted by atomic mass is 19.1. The van der Waals surface area contributed by atoms with Gasteiger partial charge in [0.05, 0.1) is 12.1 Å². The van der Waals surface area contributed by atoms with Gasteiger partial charge < -0.3 is 31.3 Å². The van der Waals surface area contributed by atoms with Gasteiger partial charge in [-0.05, 0) is 24.1 Å². The molecule has 11 heteroatoms. The monoisotopic (exact) mass is 411 g/mol. The van der Waals surface area contributed by atoms with E-state index in [0.717, 1.165) is 12.1 Å². The first-order valence-electron chi connectivity index (χ1n) is 9.21. The Hall–Kier alpha value is -2.79. The summed E-state index contributed by atoms with van der Waals surface area (Å²) in [5.41, 5.74) is 0.206. The molecule has 1 aromatic carbocycles. The van der Waals surface area contributed by atoms with Crippen LogP contribution in [0.15, 0.2) is 18.2 Å². The van der Waals surface area contributed by atoms with Gasteiger partial charge >= 0.3 is 6.03 Å². The maximum absolute atomic E-state index is 13.6. The van der Waals surface area contributed by atoms with E-state index in [2.05, 4.69) is 21.3 Å². The smallest absolute Gasteiger partial charge is 0.317 e. The van der Waals surface area contributed by atoms with Gasteiger partial charge in [0.2, 0.25) is 11.8 Å². The summed E-state index contributed by atoms with van der Waals surface area (Å²) in [6.07, 6.45) is -1.49. The van der Waals surface area contributed by atoms with E-state index in [1.807, 2.05) is 0 Å². The van der Waals surface area contributed by atoms with Crippen LogP contribution in [0.5, 0.6) is 0 Å². The molecule has 29 heavy (non-hydrogen) atoms. The van der Waals surface area contributed by atoms with Gasteiger partial charge in [-0.1, -0.05) is 0 Å². The number of aliphatic hydroxyl groups is 1. The Morgan fingerprint density at radius 3 is 2.52 bits per heavy atom. The number of nitrogens with zero attached hydrogens (tertiary/aromatic N) is 1. The lowest BCUT2D eigenvalue weighted by Crippen LogP contribution is -2.64. The van der Waals surface area contributed by atoms with Crippen molar-refractivity contribution in [2.24, 2.45) is 0 Å². The number of carbonyl (C=O) groups is 3. The highest BCUT2D eigenvalue weighted by Gasteiger charge is 2.38. The SMILES string of the molecule is CN1C(=O)NCC1C(=O)N[C@@H](Cc1cc(F)cc(F)c1)[C@H](O)[C@@H]1NCCNC1=O. The van der Waals surface area contributed by atoms with Crippen molar-refractivity contribution < 1.29 is 28.3 Å². The first-order valence-corrected chi connectivity index (χ1v) is 9.21. The molecule has 1 aromatic rings. The Morgan fingerprint density at radius 1 is 1.24 bits per heavy atom. The lowest BCUT2D eigenvalue weighted by Gasteiger charge is -2.33. The maximum atomic E-state index is 13.6. The van der Waals surface area contributed by atoms with Crippen LogP contribution in [0.25, 0.3) is 0 Å². The van der Waals surface area contributed by atoms with Crippen molar-refractivity contribution in [3.8, 4) is 0 Å². The minimum absolute atomic E-state index is 0.0841. The maximum Gasteiger partial charge on any atom is 0.317 e. The number of rotatable bonds is 6. The second-order valence-electron chi connectivity index (χ2n) is 7.12. The zero-order valence-electron chi connectivity index (χ0n) is 15.7. The van der Waals surface area contributed by atoms with Crippen LogP contribution in [-0.2, 0) is 16.0 Å². The topological polar surface area (TPSA) is 123 Å². The number of halogens is 2. The Kier molecular flexibility index (Phi) is 6.28. The van der Waals surface area contributed by atoms with Crippen LogP contribution < -0.4 is 21.3 Å². The van der Waals surface area contributed by atoms with Gasteiger partial charge in [0.15, 0.2) is 0 Å². The van der Waals surface area contributed by atoms with E-state index in [4.69, 9.17) is 0 Å². The van der Waals surface area contributed by atoms with Crippen molar-refractivity contribution in [3.05, 3.63) is 35.4 Å². The normalized spacial score (nSPS) is 23.9. The average molecular weight is 411 g/mol. The average Bonchev–Trinajstić information content (AvgIpc) is 2.99. The minimum atomic E-state index is -1.37. The minimum Gasteiger partial charge on any atom is -0.389 e. The van der Waals surface area contributed by atoms with Crippen molar-refractivity contribution in [2.45, 2.75) is 30.7 Å². The quantitative estimate of drug-likeness (QED) is 0.389.